The van der Waals surface area contributed by atoms with Gasteiger partial charge in [-0.2, -0.15) is 0 Å². The minimum atomic E-state index is -1.22. The van der Waals surface area contributed by atoms with Crippen LogP contribution in [0.15, 0.2) is 29.3 Å². The Morgan fingerprint density at radius 2 is 2.08 bits per heavy atom. The SMILES string of the molecule is C[Si](C)(C)CCOCn1c(=O)c2ccc([N+](=O)[O-])cc2n2cnnc12. The molecule has 132 valence electrons. The highest BCUT2D eigenvalue weighted by Crippen LogP contribution is 2.19. The second-order valence-electron chi connectivity index (χ2n) is 7.04. The van der Waals surface area contributed by atoms with E-state index < -0.39 is 13.0 Å². The van der Waals surface area contributed by atoms with E-state index >= 15 is 0 Å². The third-order valence-corrected chi connectivity index (χ3v) is 5.62. The lowest BCUT2D eigenvalue weighted by molar-refractivity contribution is -0.384. The van der Waals surface area contributed by atoms with Crippen LogP contribution in [-0.4, -0.2) is 38.8 Å². The van der Waals surface area contributed by atoms with Gasteiger partial charge in [-0.05, 0) is 12.1 Å². The van der Waals surface area contributed by atoms with E-state index in [0.717, 1.165) is 6.04 Å². The summed E-state index contributed by atoms with van der Waals surface area (Å²) in [5, 5.41) is 19.1. The molecule has 0 atom stereocenters. The zero-order valence-corrected chi connectivity index (χ0v) is 15.3. The monoisotopic (exact) mass is 361 g/mol. The predicted octanol–water partition coefficient (Wildman–Crippen LogP) is 2.26. The van der Waals surface area contributed by atoms with Gasteiger partial charge in [0.05, 0.1) is 15.8 Å². The lowest BCUT2D eigenvalue weighted by atomic mass is 10.2. The van der Waals surface area contributed by atoms with Crippen LogP contribution in [0.3, 0.4) is 0 Å². The van der Waals surface area contributed by atoms with Gasteiger partial charge < -0.3 is 4.74 Å². The zero-order chi connectivity index (χ0) is 18.2. The maximum absolute atomic E-state index is 12.8. The minimum absolute atomic E-state index is 0.0679. The van der Waals surface area contributed by atoms with Crippen LogP contribution in [0.2, 0.25) is 25.7 Å². The minimum Gasteiger partial charge on any atom is -0.361 e. The molecule has 0 bridgehead atoms. The van der Waals surface area contributed by atoms with Crippen molar-refractivity contribution in [3.63, 3.8) is 0 Å². The van der Waals surface area contributed by atoms with Gasteiger partial charge in [-0.25, -0.2) is 0 Å². The number of hydrogen-bond acceptors (Lipinski definition) is 6. The Hall–Kier alpha value is -2.59. The van der Waals surface area contributed by atoms with E-state index in [1.54, 1.807) is 4.40 Å². The largest absolute Gasteiger partial charge is 0.361 e. The summed E-state index contributed by atoms with van der Waals surface area (Å²) < 4.78 is 8.63. The topological polar surface area (TPSA) is 105 Å². The van der Waals surface area contributed by atoms with Gasteiger partial charge in [0, 0.05) is 26.8 Å². The van der Waals surface area contributed by atoms with Crippen LogP contribution in [0, 0.1) is 10.1 Å². The van der Waals surface area contributed by atoms with Crippen LogP contribution in [0.4, 0.5) is 5.69 Å². The number of nitro groups is 1. The number of non-ortho nitro benzene ring substituents is 1. The first kappa shape index (κ1) is 17.2. The van der Waals surface area contributed by atoms with Crippen molar-refractivity contribution in [1.82, 2.24) is 19.2 Å². The van der Waals surface area contributed by atoms with Crippen molar-refractivity contribution in [3.05, 3.63) is 45.0 Å². The third-order valence-electron chi connectivity index (χ3n) is 3.92. The molecule has 0 saturated heterocycles. The molecule has 0 unspecified atom stereocenters. The van der Waals surface area contributed by atoms with Gasteiger partial charge in [-0.15, -0.1) is 10.2 Å². The first-order valence-corrected chi connectivity index (χ1v) is 11.6. The number of fused-ring (bicyclic) bond motifs is 3. The van der Waals surface area contributed by atoms with Gasteiger partial charge in [-0.1, -0.05) is 19.6 Å². The molecular weight excluding hydrogens is 342 g/mol. The molecule has 0 spiro atoms. The van der Waals surface area contributed by atoms with Crippen LogP contribution in [0.25, 0.3) is 16.7 Å². The van der Waals surface area contributed by atoms with Gasteiger partial charge in [0.2, 0.25) is 5.78 Å². The van der Waals surface area contributed by atoms with Crippen molar-refractivity contribution in [2.24, 2.45) is 0 Å². The van der Waals surface area contributed by atoms with E-state index in [-0.39, 0.29) is 18.0 Å². The lowest BCUT2D eigenvalue weighted by Gasteiger charge is -2.16. The number of nitro benzene ring substituents is 1. The van der Waals surface area contributed by atoms with Gasteiger partial charge in [-0.3, -0.25) is 23.9 Å². The quantitative estimate of drug-likeness (QED) is 0.289. The van der Waals surface area contributed by atoms with Crippen molar-refractivity contribution < 1.29 is 9.66 Å². The molecule has 10 heteroatoms. The smallest absolute Gasteiger partial charge is 0.271 e. The molecule has 0 aliphatic heterocycles. The standard InChI is InChI=1S/C15H19N5O4Si/c1-25(2,3)7-6-24-10-19-14(21)12-5-4-11(20(22)23)8-13(12)18-9-16-17-15(18)19/h4-5,8-9H,6-7,10H2,1-3H3. The summed E-state index contributed by atoms with van der Waals surface area (Å²) in [7, 11) is -1.22. The normalized spacial score (nSPS) is 12.1. The van der Waals surface area contributed by atoms with Gasteiger partial charge in [0.1, 0.15) is 13.1 Å². The Labute approximate surface area is 144 Å². The number of benzene rings is 1. The average molecular weight is 361 g/mol. The Kier molecular flexibility index (Phi) is 4.39. The Balaban J connectivity index is 2.02. The fourth-order valence-corrected chi connectivity index (χ4v) is 3.24. The van der Waals surface area contributed by atoms with E-state index in [4.69, 9.17) is 4.74 Å². The zero-order valence-electron chi connectivity index (χ0n) is 14.3. The molecule has 2 aromatic heterocycles. The van der Waals surface area contributed by atoms with Crippen LogP contribution >= 0.6 is 0 Å². The van der Waals surface area contributed by atoms with Gasteiger partial charge in [0.15, 0.2) is 0 Å². The summed E-state index contributed by atoms with van der Waals surface area (Å²) in [6, 6.07) is 5.11. The van der Waals surface area contributed by atoms with Gasteiger partial charge >= 0.3 is 0 Å². The van der Waals surface area contributed by atoms with Crippen molar-refractivity contribution in [2.45, 2.75) is 32.4 Å². The van der Waals surface area contributed by atoms with Crippen LogP contribution < -0.4 is 5.56 Å². The molecule has 9 nitrogen and oxygen atoms in total. The number of aromatic nitrogens is 4. The third kappa shape index (κ3) is 3.44. The van der Waals surface area contributed by atoms with E-state index in [1.807, 2.05) is 0 Å². The summed E-state index contributed by atoms with van der Waals surface area (Å²) in [4.78, 5) is 23.2. The Morgan fingerprint density at radius 3 is 2.76 bits per heavy atom. The van der Waals surface area contributed by atoms with Crippen LogP contribution in [-0.2, 0) is 11.5 Å². The van der Waals surface area contributed by atoms with E-state index in [0.29, 0.717) is 23.3 Å². The van der Waals surface area contributed by atoms with Crippen LogP contribution in [0.5, 0.6) is 0 Å². The number of nitrogens with zero attached hydrogens (tertiary/aromatic N) is 5. The predicted molar refractivity (Wildman–Crippen MR) is 95.5 cm³/mol. The average Bonchev–Trinajstić information content (AvgIpc) is 3.02. The molecule has 0 fully saturated rings. The molecule has 2 heterocycles. The molecule has 0 radical (unpaired) electrons. The molecule has 25 heavy (non-hydrogen) atoms. The van der Waals surface area contributed by atoms with Crippen LogP contribution in [0.1, 0.15) is 0 Å². The highest BCUT2D eigenvalue weighted by molar-refractivity contribution is 6.76. The molecule has 1 aromatic carbocycles. The molecule has 0 saturated carbocycles. The Morgan fingerprint density at radius 1 is 1.32 bits per heavy atom. The summed E-state index contributed by atoms with van der Waals surface area (Å²) >= 11 is 0. The Bertz CT molecular complexity index is 1000. The second kappa shape index (κ2) is 6.37. The maximum Gasteiger partial charge on any atom is 0.271 e. The molecule has 0 aliphatic rings. The molecular formula is C15H19N5O4Si. The molecule has 0 N–H and O–H groups in total. The molecule has 0 amide bonds. The highest BCUT2D eigenvalue weighted by atomic mass is 28.3. The highest BCUT2D eigenvalue weighted by Gasteiger charge is 2.16. The van der Waals surface area contributed by atoms with Crippen molar-refractivity contribution in [2.75, 3.05) is 6.61 Å². The number of hydrogen-bond donors (Lipinski definition) is 0. The first-order chi connectivity index (χ1) is 11.8. The number of ether oxygens (including phenoxy) is 1. The number of rotatable bonds is 6. The maximum atomic E-state index is 12.8. The van der Waals surface area contributed by atoms with Gasteiger partial charge in [0.25, 0.3) is 11.2 Å². The van der Waals surface area contributed by atoms with E-state index in [9.17, 15) is 14.9 Å². The molecule has 3 rings (SSSR count). The fraction of sp³-hybridized carbons (Fsp3) is 0.400. The fourth-order valence-electron chi connectivity index (χ4n) is 2.48. The van der Waals surface area contributed by atoms with Crippen molar-refractivity contribution in [1.29, 1.82) is 0 Å². The lowest BCUT2D eigenvalue weighted by Crippen LogP contribution is -2.26. The first-order valence-electron chi connectivity index (χ1n) is 7.86. The van der Waals surface area contributed by atoms with E-state index in [1.165, 1.54) is 29.1 Å². The molecule has 0 aliphatic carbocycles. The molecule has 3 aromatic rings. The summed E-state index contributed by atoms with van der Waals surface area (Å²) in [6.45, 7) is 7.39. The van der Waals surface area contributed by atoms with Crippen molar-refractivity contribution in [3.8, 4) is 0 Å². The summed E-state index contributed by atoms with van der Waals surface area (Å²) in [5.41, 5.74) is 0.00184. The summed E-state index contributed by atoms with van der Waals surface area (Å²) in [6.07, 6.45) is 1.43. The van der Waals surface area contributed by atoms with E-state index in [2.05, 4.69) is 29.8 Å². The van der Waals surface area contributed by atoms with Crippen molar-refractivity contribution >= 4 is 30.4 Å². The summed E-state index contributed by atoms with van der Waals surface area (Å²) in [5.74, 6) is 0.297. The second-order valence-corrected chi connectivity index (χ2v) is 12.7.